The van der Waals surface area contributed by atoms with Gasteiger partial charge in [0.1, 0.15) is 0 Å². The Hall–Kier alpha value is -1.02. The largest absolute Gasteiger partial charge is 0.343 e. The number of fused-ring (bicyclic) bond motifs is 1. The van der Waals surface area contributed by atoms with Gasteiger partial charge in [0.25, 0.3) is 0 Å². The fourth-order valence-corrected chi connectivity index (χ4v) is 2.10. The van der Waals surface area contributed by atoms with Crippen LogP contribution in [0.25, 0.3) is 10.9 Å². The van der Waals surface area contributed by atoms with Crippen molar-refractivity contribution in [2.24, 2.45) is 0 Å². The van der Waals surface area contributed by atoms with Crippen molar-refractivity contribution in [2.45, 2.75) is 13.5 Å². The second kappa shape index (κ2) is 3.62. The van der Waals surface area contributed by atoms with Gasteiger partial charge in [-0.25, -0.2) is 0 Å². The molecule has 0 aliphatic carbocycles. The van der Waals surface area contributed by atoms with Gasteiger partial charge in [-0.15, -0.1) is 0 Å². The van der Waals surface area contributed by atoms with Gasteiger partial charge in [0.15, 0.2) is 0 Å². The van der Waals surface area contributed by atoms with Gasteiger partial charge >= 0.3 is 0 Å². The summed E-state index contributed by atoms with van der Waals surface area (Å²) in [5, 5.41) is 1.26. The molecular weight excluding hydrogens is 238 g/mol. The molecule has 72 valence electrons. The zero-order valence-electron chi connectivity index (χ0n) is 8.13. The van der Waals surface area contributed by atoms with E-state index in [4.69, 9.17) is 0 Å². The Balaban J connectivity index is 2.58. The molecule has 0 saturated heterocycles. The summed E-state index contributed by atoms with van der Waals surface area (Å²) in [7, 11) is 0. The van der Waals surface area contributed by atoms with Crippen LogP contribution in [-0.2, 0) is 6.54 Å². The van der Waals surface area contributed by atoms with Crippen molar-refractivity contribution in [2.75, 3.05) is 0 Å². The lowest BCUT2D eigenvalue weighted by molar-refractivity contribution is 0.822. The summed E-state index contributed by atoms with van der Waals surface area (Å²) < 4.78 is 3.36. The first-order valence-electron chi connectivity index (χ1n) is 4.56. The van der Waals surface area contributed by atoms with Gasteiger partial charge in [-0.2, -0.15) is 0 Å². The Bertz CT molecular complexity index is 482. The smallest absolute Gasteiger partial charge is 0.0494 e. The number of halogens is 1. The van der Waals surface area contributed by atoms with E-state index in [1.54, 1.807) is 0 Å². The number of hydrogen-bond donors (Lipinski definition) is 0. The minimum atomic E-state index is 0.889. The van der Waals surface area contributed by atoms with E-state index < -0.39 is 0 Å². The predicted octanol–water partition coefficient (Wildman–Crippen LogP) is 3.98. The zero-order valence-corrected chi connectivity index (χ0v) is 9.71. The third-order valence-corrected chi connectivity index (χ3v) is 2.89. The van der Waals surface area contributed by atoms with Gasteiger partial charge in [-0.3, -0.25) is 0 Å². The standard InChI is InChI=1S/C12H12BrN/c1-9(2)8-14-7-6-10-11(13)4-3-5-12(10)14/h3-7H,1,8H2,2H3. The Morgan fingerprint density at radius 1 is 1.43 bits per heavy atom. The molecule has 1 aromatic heterocycles. The average molecular weight is 250 g/mol. The Morgan fingerprint density at radius 3 is 2.93 bits per heavy atom. The first-order valence-corrected chi connectivity index (χ1v) is 5.35. The maximum Gasteiger partial charge on any atom is 0.0494 e. The van der Waals surface area contributed by atoms with Gasteiger partial charge in [-0.1, -0.05) is 34.1 Å². The minimum absolute atomic E-state index is 0.889. The molecule has 2 aromatic rings. The lowest BCUT2D eigenvalue weighted by atomic mass is 10.2. The van der Waals surface area contributed by atoms with Crippen LogP contribution >= 0.6 is 15.9 Å². The first-order chi connectivity index (χ1) is 6.68. The number of hydrogen-bond acceptors (Lipinski definition) is 0. The van der Waals surface area contributed by atoms with Crippen LogP contribution in [0.5, 0.6) is 0 Å². The zero-order chi connectivity index (χ0) is 10.1. The van der Waals surface area contributed by atoms with Gasteiger partial charge in [0.2, 0.25) is 0 Å². The summed E-state index contributed by atoms with van der Waals surface area (Å²) in [5.41, 5.74) is 2.42. The molecule has 0 saturated carbocycles. The summed E-state index contributed by atoms with van der Waals surface area (Å²) in [6.45, 7) is 6.86. The van der Waals surface area contributed by atoms with Crippen molar-refractivity contribution in [1.82, 2.24) is 4.57 Å². The average Bonchev–Trinajstić information content (AvgIpc) is 2.49. The number of nitrogens with zero attached hydrogens (tertiary/aromatic N) is 1. The molecule has 1 aromatic carbocycles. The van der Waals surface area contributed by atoms with E-state index in [9.17, 15) is 0 Å². The SMILES string of the molecule is C=C(C)Cn1ccc2c(Br)cccc21. The molecule has 0 spiro atoms. The van der Waals surface area contributed by atoms with Crippen LogP contribution in [-0.4, -0.2) is 4.57 Å². The van der Waals surface area contributed by atoms with Gasteiger partial charge < -0.3 is 4.57 Å². The Kier molecular flexibility index (Phi) is 2.46. The van der Waals surface area contributed by atoms with Gasteiger partial charge in [-0.05, 0) is 25.1 Å². The van der Waals surface area contributed by atoms with Crippen LogP contribution in [0.1, 0.15) is 6.92 Å². The molecule has 0 amide bonds. The molecule has 0 fully saturated rings. The van der Waals surface area contributed by atoms with Crippen LogP contribution in [0.2, 0.25) is 0 Å². The summed E-state index contributed by atoms with van der Waals surface area (Å²) >= 11 is 3.54. The second-order valence-corrected chi connectivity index (χ2v) is 4.43. The molecule has 0 N–H and O–H groups in total. The molecule has 1 heterocycles. The summed E-state index contributed by atoms with van der Waals surface area (Å²) in [4.78, 5) is 0. The highest BCUT2D eigenvalue weighted by molar-refractivity contribution is 9.10. The van der Waals surface area contributed by atoms with E-state index in [2.05, 4.69) is 57.5 Å². The van der Waals surface area contributed by atoms with Crippen molar-refractivity contribution in [3.63, 3.8) is 0 Å². The molecule has 0 aliphatic heterocycles. The van der Waals surface area contributed by atoms with Crippen LogP contribution < -0.4 is 0 Å². The molecule has 2 rings (SSSR count). The molecule has 0 bridgehead atoms. The maximum atomic E-state index is 3.93. The second-order valence-electron chi connectivity index (χ2n) is 3.57. The highest BCUT2D eigenvalue weighted by Crippen LogP contribution is 2.24. The molecule has 0 aliphatic rings. The normalized spacial score (nSPS) is 10.7. The summed E-state index contributed by atoms with van der Waals surface area (Å²) in [5.74, 6) is 0. The topological polar surface area (TPSA) is 4.93 Å². The van der Waals surface area contributed by atoms with Crippen molar-refractivity contribution < 1.29 is 0 Å². The minimum Gasteiger partial charge on any atom is -0.343 e. The van der Waals surface area contributed by atoms with E-state index in [1.807, 2.05) is 6.92 Å². The quantitative estimate of drug-likeness (QED) is 0.710. The van der Waals surface area contributed by atoms with Crippen LogP contribution in [0.15, 0.2) is 47.1 Å². The van der Waals surface area contributed by atoms with Gasteiger partial charge in [0.05, 0.1) is 0 Å². The molecule has 14 heavy (non-hydrogen) atoms. The van der Waals surface area contributed by atoms with E-state index in [0.29, 0.717) is 0 Å². The van der Waals surface area contributed by atoms with Crippen molar-refractivity contribution in [3.05, 3.63) is 47.1 Å². The lowest BCUT2D eigenvalue weighted by Crippen LogP contribution is -1.95. The summed E-state index contributed by atoms with van der Waals surface area (Å²) in [6, 6.07) is 8.38. The highest BCUT2D eigenvalue weighted by Gasteiger charge is 2.02. The fraction of sp³-hybridized carbons (Fsp3) is 0.167. The maximum absolute atomic E-state index is 3.93. The number of aromatic nitrogens is 1. The molecule has 0 atom stereocenters. The van der Waals surface area contributed by atoms with Crippen molar-refractivity contribution in [3.8, 4) is 0 Å². The van der Waals surface area contributed by atoms with Crippen molar-refractivity contribution >= 4 is 26.8 Å². The molecule has 1 nitrogen and oxygen atoms in total. The van der Waals surface area contributed by atoms with E-state index in [0.717, 1.165) is 11.0 Å². The number of allylic oxidation sites excluding steroid dienone is 1. The van der Waals surface area contributed by atoms with E-state index in [-0.39, 0.29) is 0 Å². The molecule has 0 radical (unpaired) electrons. The predicted molar refractivity (Wildman–Crippen MR) is 64.5 cm³/mol. The Labute approximate surface area is 92.2 Å². The fourth-order valence-electron chi connectivity index (χ4n) is 1.61. The van der Waals surface area contributed by atoms with Crippen LogP contribution in [0.4, 0.5) is 0 Å². The molecular formula is C12H12BrN. The third kappa shape index (κ3) is 1.62. The number of benzene rings is 1. The summed E-state index contributed by atoms with van der Waals surface area (Å²) in [6.07, 6.45) is 2.10. The Morgan fingerprint density at radius 2 is 2.21 bits per heavy atom. The monoisotopic (exact) mass is 249 g/mol. The molecule has 2 heteroatoms. The first kappa shape index (κ1) is 9.53. The lowest BCUT2D eigenvalue weighted by Gasteiger charge is -2.04. The van der Waals surface area contributed by atoms with E-state index >= 15 is 0 Å². The van der Waals surface area contributed by atoms with E-state index in [1.165, 1.54) is 16.5 Å². The number of rotatable bonds is 2. The highest BCUT2D eigenvalue weighted by atomic mass is 79.9. The van der Waals surface area contributed by atoms with Crippen molar-refractivity contribution in [1.29, 1.82) is 0 Å². The van der Waals surface area contributed by atoms with Crippen LogP contribution in [0.3, 0.4) is 0 Å². The van der Waals surface area contributed by atoms with Gasteiger partial charge in [0, 0.05) is 28.1 Å². The van der Waals surface area contributed by atoms with Crippen LogP contribution in [0, 0.1) is 0 Å². The molecule has 0 unspecified atom stereocenters. The third-order valence-electron chi connectivity index (χ3n) is 2.20.